The topological polar surface area (TPSA) is 80.9 Å². The van der Waals surface area contributed by atoms with E-state index in [-0.39, 0.29) is 5.91 Å². The molecule has 0 aliphatic heterocycles. The predicted octanol–water partition coefficient (Wildman–Crippen LogP) is 1.59. The van der Waals surface area contributed by atoms with Crippen molar-refractivity contribution in [2.75, 3.05) is 11.9 Å². The van der Waals surface area contributed by atoms with Crippen LogP contribution in [0.4, 0.5) is 5.82 Å². The first kappa shape index (κ1) is 12.9. The summed E-state index contributed by atoms with van der Waals surface area (Å²) in [4.78, 5) is 11.4. The van der Waals surface area contributed by atoms with Gasteiger partial charge in [0.1, 0.15) is 0 Å². The van der Waals surface area contributed by atoms with Gasteiger partial charge in [-0.2, -0.15) is 0 Å². The Kier molecular flexibility index (Phi) is 5.74. The van der Waals surface area contributed by atoms with Crippen LogP contribution in [0.15, 0.2) is 12.1 Å². The highest BCUT2D eigenvalue weighted by atomic mass is 35.5. The van der Waals surface area contributed by atoms with Crippen LogP contribution in [-0.4, -0.2) is 22.6 Å². The summed E-state index contributed by atoms with van der Waals surface area (Å²) < 4.78 is 0. The molecule has 0 spiro atoms. The van der Waals surface area contributed by atoms with E-state index in [9.17, 15) is 4.79 Å². The molecule has 0 unspecified atom stereocenters. The molecular formula is C10H15ClN4O. The molecule has 1 amide bonds. The molecule has 1 rings (SSSR count). The van der Waals surface area contributed by atoms with Crippen molar-refractivity contribution in [3.05, 3.63) is 17.3 Å². The molecule has 0 bridgehead atoms. The Morgan fingerprint density at radius 1 is 1.31 bits per heavy atom. The monoisotopic (exact) mass is 242 g/mol. The average molecular weight is 243 g/mol. The molecular weight excluding hydrogens is 228 g/mol. The lowest BCUT2D eigenvalue weighted by molar-refractivity contribution is -0.116. The number of unbranched alkanes of at least 4 members (excludes halogenated alkanes) is 2. The molecule has 88 valence electrons. The standard InChI is InChI=1S/C10H15ClN4O/c11-8-5-6-9(15-14-8)13-10(16)4-2-1-3-7-12/h5-6H,1-4,7,12H2,(H,13,15,16). The van der Waals surface area contributed by atoms with Crippen LogP contribution in [-0.2, 0) is 4.79 Å². The van der Waals surface area contributed by atoms with Crippen LogP contribution in [0, 0.1) is 0 Å². The zero-order chi connectivity index (χ0) is 11.8. The lowest BCUT2D eigenvalue weighted by Gasteiger charge is -2.03. The largest absolute Gasteiger partial charge is 0.330 e. The average Bonchev–Trinajstić information content (AvgIpc) is 2.28. The number of anilines is 1. The molecule has 0 fully saturated rings. The van der Waals surface area contributed by atoms with Gasteiger partial charge in [0.2, 0.25) is 5.91 Å². The molecule has 1 aromatic rings. The van der Waals surface area contributed by atoms with E-state index in [4.69, 9.17) is 17.3 Å². The minimum atomic E-state index is -0.0614. The number of nitrogens with two attached hydrogens (primary N) is 1. The number of carbonyl (C=O) groups is 1. The number of aromatic nitrogens is 2. The van der Waals surface area contributed by atoms with Gasteiger partial charge in [-0.25, -0.2) is 0 Å². The fraction of sp³-hybridized carbons (Fsp3) is 0.500. The third-order valence-electron chi connectivity index (χ3n) is 2.01. The number of carbonyl (C=O) groups excluding carboxylic acids is 1. The Morgan fingerprint density at radius 2 is 2.12 bits per heavy atom. The zero-order valence-corrected chi connectivity index (χ0v) is 9.70. The summed E-state index contributed by atoms with van der Waals surface area (Å²) in [6.45, 7) is 0.671. The van der Waals surface area contributed by atoms with E-state index in [0.717, 1.165) is 19.3 Å². The van der Waals surface area contributed by atoms with E-state index < -0.39 is 0 Å². The summed E-state index contributed by atoms with van der Waals surface area (Å²) in [6.07, 6.45) is 3.23. The molecule has 0 aliphatic carbocycles. The van der Waals surface area contributed by atoms with Crippen molar-refractivity contribution in [3.8, 4) is 0 Å². The Morgan fingerprint density at radius 3 is 2.75 bits per heavy atom. The van der Waals surface area contributed by atoms with Crippen LogP contribution in [0.3, 0.4) is 0 Å². The minimum Gasteiger partial charge on any atom is -0.330 e. The van der Waals surface area contributed by atoms with E-state index >= 15 is 0 Å². The van der Waals surface area contributed by atoms with Gasteiger partial charge in [-0.1, -0.05) is 18.0 Å². The SMILES string of the molecule is NCCCCCC(=O)Nc1ccc(Cl)nn1. The van der Waals surface area contributed by atoms with E-state index in [1.54, 1.807) is 12.1 Å². The molecule has 0 aliphatic rings. The first-order valence-corrected chi connectivity index (χ1v) is 5.59. The van der Waals surface area contributed by atoms with Gasteiger partial charge in [-0.05, 0) is 31.5 Å². The lowest BCUT2D eigenvalue weighted by atomic mass is 10.2. The molecule has 3 N–H and O–H groups in total. The molecule has 1 aromatic heterocycles. The molecule has 0 saturated heterocycles. The second kappa shape index (κ2) is 7.14. The highest BCUT2D eigenvalue weighted by Crippen LogP contribution is 2.07. The lowest BCUT2D eigenvalue weighted by Crippen LogP contribution is -2.12. The van der Waals surface area contributed by atoms with Crippen molar-refractivity contribution >= 4 is 23.3 Å². The van der Waals surface area contributed by atoms with E-state index in [1.165, 1.54) is 0 Å². The maximum absolute atomic E-state index is 11.4. The second-order valence-corrected chi connectivity index (χ2v) is 3.78. The van der Waals surface area contributed by atoms with E-state index in [1.807, 2.05) is 0 Å². The van der Waals surface area contributed by atoms with Crippen LogP contribution >= 0.6 is 11.6 Å². The van der Waals surface area contributed by atoms with Crippen molar-refractivity contribution in [3.63, 3.8) is 0 Å². The maximum atomic E-state index is 11.4. The van der Waals surface area contributed by atoms with Crippen molar-refractivity contribution in [2.45, 2.75) is 25.7 Å². The fourth-order valence-corrected chi connectivity index (χ4v) is 1.30. The maximum Gasteiger partial charge on any atom is 0.225 e. The number of amides is 1. The van der Waals surface area contributed by atoms with Crippen molar-refractivity contribution in [2.24, 2.45) is 5.73 Å². The van der Waals surface area contributed by atoms with Crippen molar-refractivity contribution in [1.29, 1.82) is 0 Å². The predicted molar refractivity (Wildman–Crippen MR) is 63.2 cm³/mol. The Balaban J connectivity index is 2.26. The Hall–Kier alpha value is -1.20. The molecule has 5 nitrogen and oxygen atoms in total. The summed E-state index contributed by atoms with van der Waals surface area (Å²) in [6, 6.07) is 3.20. The minimum absolute atomic E-state index is 0.0614. The third kappa shape index (κ3) is 5.04. The van der Waals surface area contributed by atoms with Gasteiger partial charge >= 0.3 is 0 Å². The summed E-state index contributed by atoms with van der Waals surface area (Å²) in [5, 5.41) is 10.3. The second-order valence-electron chi connectivity index (χ2n) is 3.39. The zero-order valence-electron chi connectivity index (χ0n) is 8.95. The first-order chi connectivity index (χ1) is 7.72. The van der Waals surface area contributed by atoms with Crippen LogP contribution < -0.4 is 11.1 Å². The van der Waals surface area contributed by atoms with Crippen LogP contribution in [0.25, 0.3) is 0 Å². The van der Waals surface area contributed by atoms with E-state index in [0.29, 0.717) is 23.9 Å². The van der Waals surface area contributed by atoms with Crippen LogP contribution in [0.5, 0.6) is 0 Å². The summed E-state index contributed by atoms with van der Waals surface area (Å²) in [7, 11) is 0. The smallest absolute Gasteiger partial charge is 0.225 e. The fourth-order valence-electron chi connectivity index (χ4n) is 1.19. The van der Waals surface area contributed by atoms with Gasteiger partial charge in [0.05, 0.1) is 0 Å². The van der Waals surface area contributed by atoms with Crippen LogP contribution in [0.1, 0.15) is 25.7 Å². The quantitative estimate of drug-likeness (QED) is 0.743. The normalized spacial score (nSPS) is 10.1. The van der Waals surface area contributed by atoms with Gasteiger partial charge in [-0.15, -0.1) is 10.2 Å². The Labute approximate surface area is 99.4 Å². The summed E-state index contributed by atoms with van der Waals surface area (Å²) >= 11 is 5.57. The highest BCUT2D eigenvalue weighted by molar-refractivity contribution is 6.29. The van der Waals surface area contributed by atoms with E-state index in [2.05, 4.69) is 15.5 Å². The molecule has 0 saturated carbocycles. The number of nitrogens with one attached hydrogen (secondary N) is 1. The summed E-state index contributed by atoms with van der Waals surface area (Å²) in [5.41, 5.74) is 5.35. The van der Waals surface area contributed by atoms with Gasteiger partial charge in [0.15, 0.2) is 11.0 Å². The van der Waals surface area contributed by atoms with Crippen molar-refractivity contribution in [1.82, 2.24) is 10.2 Å². The van der Waals surface area contributed by atoms with Gasteiger partial charge in [-0.3, -0.25) is 4.79 Å². The molecule has 16 heavy (non-hydrogen) atoms. The molecule has 0 aromatic carbocycles. The number of hydrogen-bond acceptors (Lipinski definition) is 4. The number of hydrogen-bond donors (Lipinski definition) is 2. The number of halogens is 1. The van der Waals surface area contributed by atoms with Crippen LogP contribution in [0.2, 0.25) is 5.15 Å². The summed E-state index contributed by atoms with van der Waals surface area (Å²) in [5.74, 6) is 0.363. The van der Waals surface area contributed by atoms with Gasteiger partial charge < -0.3 is 11.1 Å². The number of rotatable bonds is 6. The Bertz CT molecular complexity index is 328. The molecule has 6 heteroatoms. The molecule has 1 heterocycles. The van der Waals surface area contributed by atoms with Gasteiger partial charge in [0.25, 0.3) is 0 Å². The van der Waals surface area contributed by atoms with Crippen molar-refractivity contribution < 1.29 is 4.79 Å². The number of nitrogens with zero attached hydrogens (tertiary/aromatic N) is 2. The van der Waals surface area contributed by atoms with Gasteiger partial charge in [0, 0.05) is 6.42 Å². The molecule has 0 radical (unpaired) electrons. The molecule has 0 atom stereocenters. The highest BCUT2D eigenvalue weighted by Gasteiger charge is 2.03. The third-order valence-corrected chi connectivity index (χ3v) is 2.21. The first-order valence-electron chi connectivity index (χ1n) is 5.21.